The molecule has 0 aromatic heterocycles. The lowest BCUT2D eigenvalue weighted by molar-refractivity contribution is 0.789. The van der Waals surface area contributed by atoms with Crippen molar-refractivity contribution >= 4 is 16.5 Å². The molecule has 0 unspecified atom stereocenters. The molecule has 0 radical (unpaired) electrons. The van der Waals surface area contributed by atoms with E-state index < -0.39 is 0 Å². The van der Waals surface area contributed by atoms with Crippen LogP contribution in [-0.4, -0.2) is 0 Å². The van der Waals surface area contributed by atoms with Crippen LogP contribution in [0.4, 0.5) is 5.69 Å². The largest absolute Gasteiger partial charge is 0.398 e. The molecule has 2 aromatic rings. The molecule has 102 valence electrons. The molecular formula is C18H25N. The van der Waals surface area contributed by atoms with Crippen molar-refractivity contribution in [2.75, 3.05) is 5.73 Å². The number of hydrogen-bond donors (Lipinski definition) is 1. The van der Waals surface area contributed by atoms with Gasteiger partial charge in [-0.2, -0.15) is 0 Å². The lowest BCUT2D eigenvalue weighted by Gasteiger charge is -2.19. The van der Waals surface area contributed by atoms with E-state index in [2.05, 4.69) is 46.8 Å². The smallest absolute Gasteiger partial charge is 0.0426 e. The van der Waals surface area contributed by atoms with E-state index in [0.717, 1.165) is 12.1 Å². The highest BCUT2D eigenvalue weighted by atomic mass is 14.6. The number of benzene rings is 2. The van der Waals surface area contributed by atoms with Gasteiger partial charge in [-0.3, -0.25) is 0 Å². The number of nitrogens with two attached hydrogens (primary N) is 1. The van der Waals surface area contributed by atoms with Crippen molar-refractivity contribution in [3.05, 3.63) is 39.9 Å². The molecule has 0 aliphatic carbocycles. The Balaban J connectivity index is 2.81. The maximum Gasteiger partial charge on any atom is 0.0426 e. The molecule has 0 saturated heterocycles. The molecule has 0 fully saturated rings. The van der Waals surface area contributed by atoms with E-state index in [1.54, 1.807) is 0 Å². The zero-order valence-corrected chi connectivity index (χ0v) is 12.9. The zero-order chi connectivity index (χ0) is 14.2. The molecule has 0 amide bonds. The summed E-state index contributed by atoms with van der Waals surface area (Å²) in [5.74, 6) is 0. The Morgan fingerprint density at radius 2 is 1.63 bits per heavy atom. The first-order valence-corrected chi connectivity index (χ1v) is 7.26. The van der Waals surface area contributed by atoms with E-state index in [1.165, 1.54) is 51.4 Å². The Labute approximate surface area is 116 Å². The minimum absolute atomic E-state index is 0.967. The second-order valence-electron chi connectivity index (χ2n) is 5.68. The number of nitrogen functional groups attached to an aromatic ring is 1. The van der Waals surface area contributed by atoms with Gasteiger partial charge in [0.05, 0.1) is 0 Å². The summed E-state index contributed by atoms with van der Waals surface area (Å²) in [6, 6.07) is 4.36. The van der Waals surface area contributed by atoms with E-state index >= 15 is 0 Å². The van der Waals surface area contributed by atoms with Gasteiger partial charge in [0, 0.05) is 11.1 Å². The van der Waals surface area contributed by atoms with Crippen LogP contribution in [0.2, 0.25) is 0 Å². The highest BCUT2D eigenvalue weighted by Gasteiger charge is 2.14. The Kier molecular flexibility index (Phi) is 3.84. The molecule has 0 aliphatic rings. The van der Waals surface area contributed by atoms with Gasteiger partial charge in [0.1, 0.15) is 0 Å². The fraction of sp³-hybridized carbons (Fsp3) is 0.444. The number of hydrogen-bond acceptors (Lipinski definition) is 1. The van der Waals surface area contributed by atoms with Gasteiger partial charge < -0.3 is 5.73 Å². The molecule has 0 heterocycles. The number of anilines is 1. The average molecular weight is 255 g/mol. The Morgan fingerprint density at radius 3 is 2.26 bits per heavy atom. The van der Waals surface area contributed by atoms with Crippen LogP contribution >= 0.6 is 0 Å². The van der Waals surface area contributed by atoms with Crippen molar-refractivity contribution in [3.8, 4) is 0 Å². The molecule has 19 heavy (non-hydrogen) atoms. The summed E-state index contributed by atoms with van der Waals surface area (Å²) >= 11 is 0. The molecule has 0 spiro atoms. The molecule has 2 aromatic carbocycles. The third-order valence-corrected chi connectivity index (χ3v) is 4.49. The van der Waals surface area contributed by atoms with Crippen molar-refractivity contribution in [1.29, 1.82) is 0 Å². The summed E-state index contributed by atoms with van der Waals surface area (Å²) in [5, 5.41) is 2.59. The summed E-state index contributed by atoms with van der Waals surface area (Å²) in [6.07, 6.45) is 3.60. The Hall–Kier alpha value is -1.50. The third-order valence-electron chi connectivity index (χ3n) is 4.49. The van der Waals surface area contributed by atoms with E-state index in [1.807, 2.05) is 0 Å². The summed E-state index contributed by atoms with van der Waals surface area (Å²) in [6.45, 7) is 11.1. The van der Waals surface area contributed by atoms with Crippen LogP contribution in [0.3, 0.4) is 0 Å². The highest BCUT2D eigenvalue weighted by Crippen LogP contribution is 2.35. The zero-order valence-electron chi connectivity index (χ0n) is 12.9. The van der Waals surface area contributed by atoms with Crippen molar-refractivity contribution in [2.45, 2.75) is 53.9 Å². The lowest BCUT2D eigenvalue weighted by atomic mass is 9.88. The fourth-order valence-corrected chi connectivity index (χ4v) is 3.05. The Morgan fingerprint density at radius 1 is 0.947 bits per heavy atom. The van der Waals surface area contributed by atoms with Crippen LogP contribution in [0, 0.1) is 27.7 Å². The van der Waals surface area contributed by atoms with Crippen molar-refractivity contribution in [2.24, 2.45) is 0 Å². The quantitative estimate of drug-likeness (QED) is 0.767. The van der Waals surface area contributed by atoms with Gasteiger partial charge >= 0.3 is 0 Å². The predicted octanol–water partition coefficient (Wildman–Crippen LogP) is 5.00. The van der Waals surface area contributed by atoms with Crippen molar-refractivity contribution < 1.29 is 0 Å². The topological polar surface area (TPSA) is 26.0 Å². The van der Waals surface area contributed by atoms with E-state index in [-0.39, 0.29) is 0 Å². The van der Waals surface area contributed by atoms with Gasteiger partial charge in [-0.1, -0.05) is 25.5 Å². The van der Waals surface area contributed by atoms with Gasteiger partial charge in [-0.25, -0.2) is 0 Å². The SMILES string of the molecule is CCCCc1c(C)c(N)c2ccc(C)c(C)c2c1C. The first-order chi connectivity index (χ1) is 8.99. The van der Waals surface area contributed by atoms with Crippen molar-refractivity contribution in [3.63, 3.8) is 0 Å². The predicted molar refractivity (Wildman–Crippen MR) is 85.9 cm³/mol. The van der Waals surface area contributed by atoms with Crippen LogP contribution in [0.25, 0.3) is 10.8 Å². The molecule has 0 aliphatic heterocycles. The summed E-state index contributed by atoms with van der Waals surface area (Å²) in [4.78, 5) is 0. The van der Waals surface area contributed by atoms with Gasteiger partial charge in [-0.15, -0.1) is 0 Å². The molecule has 1 heteroatoms. The van der Waals surface area contributed by atoms with Crippen LogP contribution in [0.1, 0.15) is 47.6 Å². The highest BCUT2D eigenvalue weighted by molar-refractivity contribution is 6.00. The molecule has 1 nitrogen and oxygen atoms in total. The van der Waals surface area contributed by atoms with E-state index in [4.69, 9.17) is 5.73 Å². The van der Waals surface area contributed by atoms with E-state index in [9.17, 15) is 0 Å². The molecule has 2 rings (SSSR count). The summed E-state index contributed by atoms with van der Waals surface area (Å²) in [5.41, 5.74) is 14.2. The van der Waals surface area contributed by atoms with Gasteiger partial charge in [-0.05, 0) is 73.7 Å². The van der Waals surface area contributed by atoms with Gasteiger partial charge in [0.15, 0.2) is 0 Å². The number of unbranched alkanes of at least 4 members (excludes halogenated alkanes) is 1. The lowest BCUT2D eigenvalue weighted by Crippen LogP contribution is -2.03. The number of fused-ring (bicyclic) bond motifs is 1. The minimum atomic E-state index is 0.967. The normalized spacial score (nSPS) is 11.2. The molecule has 0 bridgehead atoms. The van der Waals surface area contributed by atoms with E-state index in [0.29, 0.717) is 0 Å². The third kappa shape index (κ3) is 2.22. The van der Waals surface area contributed by atoms with Crippen molar-refractivity contribution in [1.82, 2.24) is 0 Å². The fourth-order valence-electron chi connectivity index (χ4n) is 3.05. The Bertz CT molecular complexity index is 624. The summed E-state index contributed by atoms with van der Waals surface area (Å²) < 4.78 is 0. The maximum absolute atomic E-state index is 6.38. The van der Waals surface area contributed by atoms with Gasteiger partial charge in [0.2, 0.25) is 0 Å². The molecular weight excluding hydrogens is 230 g/mol. The minimum Gasteiger partial charge on any atom is -0.398 e. The van der Waals surface area contributed by atoms with Gasteiger partial charge in [0.25, 0.3) is 0 Å². The molecule has 0 saturated carbocycles. The van der Waals surface area contributed by atoms with Crippen LogP contribution in [0.5, 0.6) is 0 Å². The van der Waals surface area contributed by atoms with Crippen LogP contribution < -0.4 is 5.73 Å². The van der Waals surface area contributed by atoms with Crippen LogP contribution in [-0.2, 0) is 6.42 Å². The summed E-state index contributed by atoms with van der Waals surface area (Å²) in [7, 11) is 0. The molecule has 2 N–H and O–H groups in total. The monoisotopic (exact) mass is 255 g/mol. The first kappa shape index (κ1) is 13.9. The number of rotatable bonds is 3. The number of aryl methyl sites for hydroxylation is 3. The van der Waals surface area contributed by atoms with Crippen LogP contribution in [0.15, 0.2) is 12.1 Å². The molecule has 0 atom stereocenters. The second kappa shape index (κ2) is 5.24. The maximum atomic E-state index is 6.38. The second-order valence-corrected chi connectivity index (χ2v) is 5.68. The standard InChI is InChI=1S/C18H25N/c1-6-7-8-15-13(4)17-12(3)11(2)9-10-16(17)18(19)14(15)5/h9-10H,6-8,19H2,1-5H3. The first-order valence-electron chi connectivity index (χ1n) is 7.26. The average Bonchev–Trinajstić information content (AvgIpc) is 2.39.